The number of nitrogens with zero attached hydrogens (tertiary/aromatic N) is 1. The smallest absolute Gasteiger partial charge is 0.331 e. The first-order chi connectivity index (χ1) is 12.1. The van der Waals surface area contributed by atoms with Crippen LogP contribution in [-0.2, 0) is 16.1 Å². The zero-order valence-corrected chi connectivity index (χ0v) is 14.8. The van der Waals surface area contributed by atoms with Gasteiger partial charge in [0.05, 0.1) is 5.69 Å². The topological polar surface area (TPSA) is 64.4 Å². The first-order valence-electron chi connectivity index (χ1n) is 7.78. The summed E-state index contributed by atoms with van der Waals surface area (Å²) in [5.74, 6) is 0.979. The monoisotopic (exact) mass is 354 g/mol. The summed E-state index contributed by atoms with van der Waals surface area (Å²) in [4.78, 5) is 16.1. The number of aromatic nitrogens is 1. The van der Waals surface area contributed by atoms with E-state index in [1.807, 2.05) is 49.6 Å². The molecule has 0 aliphatic heterocycles. The molecule has 0 radical (unpaired) electrons. The van der Waals surface area contributed by atoms with Gasteiger partial charge in [0, 0.05) is 17.1 Å². The lowest BCUT2D eigenvalue weighted by molar-refractivity contribution is -0.139. The number of aryl methyl sites for hydroxylation is 2. The molecule has 3 aromatic rings. The third-order valence-electron chi connectivity index (χ3n) is 3.36. The van der Waals surface area contributed by atoms with Gasteiger partial charge in [0.15, 0.2) is 5.13 Å². The number of benzene rings is 1. The van der Waals surface area contributed by atoms with E-state index in [0.29, 0.717) is 11.5 Å². The highest BCUT2D eigenvalue weighted by Gasteiger charge is 2.05. The molecule has 0 aliphatic carbocycles. The summed E-state index contributed by atoms with van der Waals surface area (Å²) in [5, 5.41) is 5.85. The number of ether oxygens (including phenoxy) is 1. The van der Waals surface area contributed by atoms with E-state index in [1.165, 1.54) is 23.0 Å². The zero-order chi connectivity index (χ0) is 17.6. The minimum absolute atomic E-state index is 0.131. The normalized spacial score (nSPS) is 11.0. The van der Waals surface area contributed by atoms with Crippen molar-refractivity contribution in [1.82, 2.24) is 4.98 Å². The second-order valence-electron chi connectivity index (χ2n) is 5.52. The van der Waals surface area contributed by atoms with E-state index in [-0.39, 0.29) is 6.61 Å². The summed E-state index contributed by atoms with van der Waals surface area (Å²) < 4.78 is 10.5. The molecule has 2 aromatic heterocycles. The quantitative estimate of drug-likeness (QED) is 0.506. The molecule has 1 aromatic carbocycles. The first-order valence-corrected chi connectivity index (χ1v) is 8.66. The lowest BCUT2D eigenvalue weighted by Crippen LogP contribution is -2.01. The Morgan fingerprint density at radius 3 is 2.76 bits per heavy atom. The van der Waals surface area contributed by atoms with E-state index < -0.39 is 5.97 Å². The fourth-order valence-electron chi connectivity index (χ4n) is 2.08. The average molecular weight is 354 g/mol. The lowest BCUT2D eigenvalue weighted by Gasteiger charge is -2.02. The highest BCUT2D eigenvalue weighted by molar-refractivity contribution is 7.13. The molecule has 25 heavy (non-hydrogen) atoms. The molecule has 0 spiro atoms. The molecule has 0 atom stereocenters. The molecule has 0 amide bonds. The Kier molecular flexibility index (Phi) is 5.30. The van der Waals surface area contributed by atoms with Crippen LogP contribution in [0.4, 0.5) is 10.8 Å². The van der Waals surface area contributed by atoms with Crippen LogP contribution in [0.3, 0.4) is 0 Å². The predicted octanol–water partition coefficient (Wildman–Crippen LogP) is 4.85. The SMILES string of the molecule is Cc1ccc(Nc2nc(COC(=O)/C=C/c3ccc(C)o3)cs2)cc1. The number of rotatable bonds is 6. The summed E-state index contributed by atoms with van der Waals surface area (Å²) in [7, 11) is 0. The number of anilines is 2. The molecule has 6 heteroatoms. The molecule has 3 rings (SSSR count). The maximum atomic E-state index is 11.7. The number of carbonyl (C=O) groups excluding carboxylic acids is 1. The standard InChI is InChI=1S/C19H18N2O3S/c1-13-3-6-15(7-4-13)20-19-21-16(12-25-19)11-23-18(22)10-9-17-8-5-14(2)24-17/h3-10,12H,11H2,1-2H3,(H,20,21)/b10-9+. The van der Waals surface area contributed by atoms with Crippen LogP contribution >= 0.6 is 11.3 Å². The summed E-state index contributed by atoms with van der Waals surface area (Å²) in [5.41, 5.74) is 2.88. The molecule has 1 N–H and O–H groups in total. The number of carbonyl (C=O) groups is 1. The molecule has 0 saturated carbocycles. The van der Waals surface area contributed by atoms with E-state index in [4.69, 9.17) is 9.15 Å². The van der Waals surface area contributed by atoms with Crippen molar-refractivity contribution in [2.45, 2.75) is 20.5 Å². The molecule has 5 nitrogen and oxygen atoms in total. The summed E-state index contributed by atoms with van der Waals surface area (Å²) in [6.07, 6.45) is 2.93. The molecular formula is C19H18N2O3S. The van der Waals surface area contributed by atoms with Gasteiger partial charge in [-0.15, -0.1) is 11.3 Å². The van der Waals surface area contributed by atoms with Gasteiger partial charge in [-0.1, -0.05) is 17.7 Å². The van der Waals surface area contributed by atoms with Crippen LogP contribution in [0, 0.1) is 13.8 Å². The summed E-state index contributed by atoms with van der Waals surface area (Å²) in [6.45, 7) is 4.02. The van der Waals surface area contributed by atoms with Gasteiger partial charge in [-0.25, -0.2) is 9.78 Å². The minimum Gasteiger partial charge on any atom is -0.462 e. The van der Waals surface area contributed by atoms with Gasteiger partial charge in [-0.2, -0.15) is 0 Å². The van der Waals surface area contributed by atoms with Gasteiger partial charge in [-0.05, 0) is 44.2 Å². The van der Waals surface area contributed by atoms with Crippen LogP contribution in [0.25, 0.3) is 6.08 Å². The van der Waals surface area contributed by atoms with Crippen molar-refractivity contribution in [2.75, 3.05) is 5.32 Å². The van der Waals surface area contributed by atoms with Gasteiger partial charge >= 0.3 is 5.97 Å². The molecule has 128 valence electrons. The van der Waals surface area contributed by atoms with Crippen molar-refractivity contribution in [3.63, 3.8) is 0 Å². The van der Waals surface area contributed by atoms with E-state index in [1.54, 1.807) is 12.1 Å². The third-order valence-corrected chi connectivity index (χ3v) is 4.17. The van der Waals surface area contributed by atoms with Crippen molar-refractivity contribution in [2.24, 2.45) is 0 Å². The van der Waals surface area contributed by atoms with Crippen LogP contribution in [0.1, 0.15) is 22.8 Å². The van der Waals surface area contributed by atoms with Gasteiger partial charge in [0.1, 0.15) is 18.1 Å². The van der Waals surface area contributed by atoms with Crippen LogP contribution in [-0.4, -0.2) is 11.0 Å². The number of hydrogen-bond donors (Lipinski definition) is 1. The van der Waals surface area contributed by atoms with E-state index in [9.17, 15) is 4.79 Å². The Labute approximate surface area is 150 Å². The Balaban J connectivity index is 1.50. The summed E-state index contributed by atoms with van der Waals surface area (Å²) in [6, 6.07) is 11.7. The van der Waals surface area contributed by atoms with E-state index in [2.05, 4.69) is 10.3 Å². The van der Waals surface area contributed by atoms with Crippen molar-refractivity contribution >= 4 is 34.2 Å². The van der Waals surface area contributed by atoms with Crippen molar-refractivity contribution < 1.29 is 13.9 Å². The Morgan fingerprint density at radius 2 is 2.04 bits per heavy atom. The van der Waals surface area contributed by atoms with Gasteiger partial charge in [0.25, 0.3) is 0 Å². The highest BCUT2D eigenvalue weighted by atomic mass is 32.1. The molecular weight excluding hydrogens is 336 g/mol. The number of furan rings is 1. The molecule has 0 fully saturated rings. The molecule has 0 saturated heterocycles. The second kappa shape index (κ2) is 7.81. The summed E-state index contributed by atoms with van der Waals surface area (Å²) >= 11 is 1.47. The number of hydrogen-bond acceptors (Lipinski definition) is 6. The number of nitrogens with one attached hydrogen (secondary N) is 1. The lowest BCUT2D eigenvalue weighted by atomic mass is 10.2. The van der Waals surface area contributed by atoms with Crippen molar-refractivity contribution in [1.29, 1.82) is 0 Å². The molecule has 2 heterocycles. The Morgan fingerprint density at radius 1 is 1.24 bits per heavy atom. The Bertz CT molecular complexity index is 878. The number of esters is 1. The van der Waals surface area contributed by atoms with Gasteiger partial charge in [-0.3, -0.25) is 0 Å². The van der Waals surface area contributed by atoms with E-state index in [0.717, 1.165) is 16.6 Å². The Hall–Kier alpha value is -2.86. The van der Waals surface area contributed by atoms with Crippen molar-refractivity contribution in [3.8, 4) is 0 Å². The van der Waals surface area contributed by atoms with Crippen molar-refractivity contribution in [3.05, 3.63) is 70.6 Å². The minimum atomic E-state index is -0.435. The highest BCUT2D eigenvalue weighted by Crippen LogP contribution is 2.21. The third kappa shape index (κ3) is 5.06. The van der Waals surface area contributed by atoms with Gasteiger partial charge < -0.3 is 14.5 Å². The molecule has 0 bridgehead atoms. The fraction of sp³-hybridized carbons (Fsp3) is 0.158. The predicted molar refractivity (Wildman–Crippen MR) is 98.9 cm³/mol. The molecule has 0 unspecified atom stereocenters. The maximum Gasteiger partial charge on any atom is 0.331 e. The van der Waals surface area contributed by atoms with Crippen LogP contribution < -0.4 is 5.32 Å². The second-order valence-corrected chi connectivity index (χ2v) is 6.38. The zero-order valence-electron chi connectivity index (χ0n) is 14.0. The number of thiazole rings is 1. The van der Waals surface area contributed by atoms with Crippen LogP contribution in [0.15, 0.2) is 52.3 Å². The first kappa shape index (κ1) is 17.0. The maximum absolute atomic E-state index is 11.7. The van der Waals surface area contributed by atoms with Gasteiger partial charge in [0.2, 0.25) is 0 Å². The van der Waals surface area contributed by atoms with Crippen LogP contribution in [0.2, 0.25) is 0 Å². The fourth-order valence-corrected chi connectivity index (χ4v) is 2.79. The van der Waals surface area contributed by atoms with E-state index >= 15 is 0 Å². The molecule has 0 aliphatic rings. The van der Waals surface area contributed by atoms with Crippen LogP contribution in [0.5, 0.6) is 0 Å². The largest absolute Gasteiger partial charge is 0.462 e. The average Bonchev–Trinajstić information content (AvgIpc) is 3.22.